The molecule has 4 heteroatoms. The van der Waals surface area contributed by atoms with Gasteiger partial charge in [-0.15, -0.1) is 0 Å². The Bertz CT molecular complexity index is 608. The number of anilines is 1. The summed E-state index contributed by atoms with van der Waals surface area (Å²) < 4.78 is 5.73. The van der Waals surface area contributed by atoms with Crippen molar-refractivity contribution in [2.75, 3.05) is 5.73 Å². The third kappa shape index (κ3) is 2.68. The van der Waals surface area contributed by atoms with Crippen molar-refractivity contribution < 1.29 is 14.6 Å². The summed E-state index contributed by atoms with van der Waals surface area (Å²) in [6, 6.07) is 12.3. The van der Waals surface area contributed by atoms with Gasteiger partial charge in [-0.05, 0) is 30.2 Å². The molecule has 0 saturated heterocycles. The van der Waals surface area contributed by atoms with Crippen LogP contribution in [0.3, 0.4) is 0 Å². The standard InChI is InChI=1S/C15H15NO3/c1-2-10-6-3-4-8-12(10)19-13-9-5-7-11(14(13)16)15(17)18/h3-9H,2,16H2,1H3,(H,17,18). The molecule has 0 radical (unpaired) electrons. The number of aromatic carboxylic acids is 1. The molecule has 0 aliphatic carbocycles. The van der Waals surface area contributed by atoms with Crippen LogP contribution in [0.1, 0.15) is 22.8 Å². The van der Waals surface area contributed by atoms with E-state index in [-0.39, 0.29) is 11.3 Å². The van der Waals surface area contributed by atoms with Gasteiger partial charge in [-0.1, -0.05) is 31.2 Å². The minimum Gasteiger partial charge on any atom is -0.478 e. The van der Waals surface area contributed by atoms with Crippen molar-refractivity contribution >= 4 is 11.7 Å². The topological polar surface area (TPSA) is 72.5 Å². The highest BCUT2D eigenvalue weighted by Gasteiger charge is 2.13. The minimum atomic E-state index is -1.06. The fraction of sp³-hybridized carbons (Fsp3) is 0.133. The molecule has 2 aromatic rings. The second kappa shape index (κ2) is 5.44. The molecule has 0 aromatic heterocycles. The maximum Gasteiger partial charge on any atom is 0.337 e. The Morgan fingerprint density at radius 3 is 2.53 bits per heavy atom. The zero-order valence-electron chi connectivity index (χ0n) is 10.6. The van der Waals surface area contributed by atoms with Gasteiger partial charge in [0.15, 0.2) is 5.75 Å². The number of nitrogen functional groups attached to an aromatic ring is 1. The number of hydrogen-bond acceptors (Lipinski definition) is 3. The number of ether oxygens (including phenoxy) is 1. The van der Waals surface area contributed by atoms with E-state index < -0.39 is 5.97 Å². The van der Waals surface area contributed by atoms with Gasteiger partial charge < -0.3 is 15.6 Å². The van der Waals surface area contributed by atoms with Crippen LogP contribution in [0, 0.1) is 0 Å². The lowest BCUT2D eigenvalue weighted by molar-refractivity contribution is 0.0697. The predicted molar refractivity (Wildman–Crippen MR) is 73.7 cm³/mol. The first-order valence-corrected chi connectivity index (χ1v) is 6.01. The minimum absolute atomic E-state index is 0.0477. The molecule has 2 aromatic carbocycles. The number of rotatable bonds is 4. The first-order chi connectivity index (χ1) is 9.13. The largest absolute Gasteiger partial charge is 0.478 e. The van der Waals surface area contributed by atoms with Gasteiger partial charge in [-0.25, -0.2) is 4.79 Å². The highest BCUT2D eigenvalue weighted by Crippen LogP contribution is 2.31. The summed E-state index contributed by atoms with van der Waals surface area (Å²) in [5.74, 6) is -0.00762. The van der Waals surface area contributed by atoms with Gasteiger partial charge in [0.25, 0.3) is 0 Å². The van der Waals surface area contributed by atoms with Gasteiger partial charge in [-0.2, -0.15) is 0 Å². The lowest BCUT2D eigenvalue weighted by Crippen LogP contribution is -2.04. The molecule has 0 fully saturated rings. The van der Waals surface area contributed by atoms with E-state index in [0.717, 1.165) is 12.0 Å². The maximum absolute atomic E-state index is 11.0. The van der Waals surface area contributed by atoms with Crippen LogP contribution in [0.5, 0.6) is 11.5 Å². The molecule has 0 spiro atoms. The Morgan fingerprint density at radius 1 is 1.16 bits per heavy atom. The first kappa shape index (κ1) is 13.0. The van der Waals surface area contributed by atoms with Crippen molar-refractivity contribution in [2.45, 2.75) is 13.3 Å². The molecule has 98 valence electrons. The predicted octanol–water partition coefficient (Wildman–Crippen LogP) is 3.32. The third-order valence-electron chi connectivity index (χ3n) is 2.87. The highest BCUT2D eigenvalue weighted by molar-refractivity contribution is 5.95. The fourth-order valence-electron chi connectivity index (χ4n) is 1.83. The van der Waals surface area contributed by atoms with E-state index in [0.29, 0.717) is 11.5 Å². The average Bonchev–Trinajstić information content (AvgIpc) is 2.41. The molecule has 0 unspecified atom stereocenters. The van der Waals surface area contributed by atoms with Gasteiger partial charge in [0.2, 0.25) is 0 Å². The molecule has 19 heavy (non-hydrogen) atoms. The molecule has 4 nitrogen and oxygen atoms in total. The number of aryl methyl sites for hydroxylation is 1. The van der Waals surface area contributed by atoms with Crippen LogP contribution in [0.4, 0.5) is 5.69 Å². The second-order valence-electron chi connectivity index (χ2n) is 4.09. The molecular formula is C15H15NO3. The molecule has 0 aliphatic rings. The van der Waals surface area contributed by atoms with E-state index >= 15 is 0 Å². The quantitative estimate of drug-likeness (QED) is 0.824. The molecule has 2 rings (SSSR count). The smallest absolute Gasteiger partial charge is 0.337 e. The van der Waals surface area contributed by atoms with E-state index in [4.69, 9.17) is 15.6 Å². The summed E-state index contributed by atoms with van der Waals surface area (Å²) in [5.41, 5.74) is 7.05. The van der Waals surface area contributed by atoms with E-state index in [1.807, 2.05) is 31.2 Å². The van der Waals surface area contributed by atoms with Gasteiger partial charge in [0, 0.05) is 0 Å². The average molecular weight is 257 g/mol. The number of hydrogen-bond donors (Lipinski definition) is 2. The van der Waals surface area contributed by atoms with Crippen LogP contribution < -0.4 is 10.5 Å². The summed E-state index contributed by atoms with van der Waals surface area (Å²) in [7, 11) is 0. The van der Waals surface area contributed by atoms with Gasteiger partial charge in [-0.3, -0.25) is 0 Å². The van der Waals surface area contributed by atoms with Crippen LogP contribution in [-0.2, 0) is 6.42 Å². The molecule has 0 aliphatic heterocycles. The molecular weight excluding hydrogens is 242 g/mol. The van der Waals surface area contributed by atoms with Crippen molar-refractivity contribution in [1.29, 1.82) is 0 Å². The molecule has 0 amide bonds. The van der Waals surface area contributed by atoms with Crippen LogP contribution in [-0.4, -0.2) is 11.1 Å². The number of carbonyl (C=O) groups is 1. The summed E-state index contributed by atoms with van der Waals surface area (Å²) in [6.45, 7) is 2.03. The maximum atomic E-state index is 11.0. The van der Waals surface area contributed by atoms with Crippen molar-refractivity contribution in [3.63, 3.8) is 0 Å². The lowest BCUT2D eigenvalue weighted by atomic mass is 10.1. The lowest BCUT2D eigenvalue weighted by Gasteiger charge is -2.12. The fourth-order valence-corrected chi connectivity index (χ4v) is 1.83. The Hall–Kier alpha value is -2.49. The van der Waals surface area contributed by atoms with Crippen molar-refractivity contribution in [3.05, 3.63) is 53.6 Å². The molecule has 0 heterocycles. The van der Waals surface area contributed by atoms with E-state index in [1.165, 1.54) is 6.07 Å². The monoisotopic (exact) mass is 257 g/mol. The summed E-state index contributed by atoms with van der Waals surface area (Å²) >= 11 is 0. The zero-order chi connectivity index (χ0) is 13.8. The summed E-state index contributed by atoms with van der Waals surface area (Å²) in [5, 5.41) is 9.02. The molecule has 0 atom stereocenters. The van der Waals surface area contributed by atoms with Crippen LogP contribution in [0.25, 0.3) is 0 Å². The molecule has 0 bridgehead atoms. The van der Waals surface area contributed by atoms with Crippen molar-refractivity contribution in [1.82, 2.24) is 0 Å². The van der Waals surface area contributed by atoms with Crippen LogP contribution in [0.15, 0.2) is 42.5 Å². The Morgan fingerprint density at radius 2 is 1.84 bits per heavy atom. The number of carboxylic acid groups (broad SMARTS) is 1. The highest BCUT2D eigenvalue weighted by atomic mass is 16.5. The zero-order valence-corrected chi connectivity index (χ0v) is 10.6. The first-order valence-electron chi connectivity index (χ1n) is 6.01. The van der Waals surface area contributed by atoms with E-state index in [1.54, 1.807) is 12.1 Å². The number of benzene rings is 2. The number of carboxylic acids is 1. The Labute approximate surface area is 111 Å². The number of nitrogens with two attached hydrogens (primary N) is 1. The van der Waals surface area contributed by atoms with Crippen molar-refractivity contribution in [3.8, 4) is 11.5 Å². The Kier molecular flexibility index (Phi) is 3.71. The van der Waals surface area contributed by atoms with Crippen molar-refractivity contribution in [2.24, 2.45) is 0 Å². The SMILES string of the molecule is CCc1ccccc1Oc1cccc(C(=O)O)c1N. The van der Waals surface area contributed by atoms with Gasteiger partial charge in [0.05, 0.1) is 11.3 Å². The second-order valence-corrected chi connectivity index (χ2v) is 4.09. The Balaban J connectivity index is 2.39. The van der Waals surface area contributed by atoms with E-state index in [9.17, 15) is 4.79 Å². The van der Waals surface area contributed by atoms with Gasteiger partial charge in [0.1, 0.15) is 5.75 Å². The normalized spacial score (nSPS) is 10.2. The molecule has 0 saturated carbocycles. The van der Waals surface area contributed by atoms with E-state index in [2.05, 4.69) is 0 Å². The van der Waals surface area contributed by atoms with Crippen LogP contribution >= 0.6 is 0 Å². The van der Waals surface area contributed by atoms with Gasteiger partial charge >= 0.3 is 5.97 Å². The summed E-state index contributed by atoms with van der Waals surface area (Å²) in [6.07, 6.45) is 0.828. The van der Waals surface area contributed by atoms with Crippen LogP contribution in [0.2, 0.25) is 0 Å². The summed E-state index contributed by atoms with van der Waals surface area (Å²) in [4.78, 5) is 11.0. The third-order valence-corrected chi connectivity index (χ3v) is 2.87. The number of para-hydroxylation sites is 2. The molecule has 3 N–H and O–H groups in total.